The molecule has 44 heavy (non-hydrogen) atoms. The maximum absolute atomic E-state index is 13.7. The lowest BCUT2D eigenvalue weighted by Gasteiger charge is -2.60. The Labute approximate surface area is 253 Å². The summed E-state index contributed by atoms with van der Waals surface area (Å²) in [5, 5.41) is 33.5. The zero-order valence-electron chi connectivity index (χ0n) is 24.6. The van der Waals surface area contributed by atoms with E-state index in [9.17, 15) is 34.7 Å². The van der Waals surface area contributed by atoms with E-state index in [1.54, 1.807) is 24.3 Å². The molecule has 2 aromatic rings. The lowest BCUT2D eigenvalue weighted by Crippen LogP contribution is -2.71. The topological polar surface area (TPSA) is 151 Å². The predicted molar refractivity (Wildman–Crippen MR) is 155 cm³/mol. The third-order valence-electron chi connectivity index (χ3n) is 10.1. The molecule has 11 nitrogen and oxygen atoms in total. The van der Waals surface area contributed by atoms with Crippen LogP contribution in [-0.4, -0.2) is 93.2 Å². The van der Waals surface area contributed by atoms with Crippen LogP contribution in [0, 0.1) is 18.3 Å². The molecule has 1 fully saturated rings. The van der Waals surface area contributed by atoms with Crippen LogP contribution < -0.4 is 4.74 Å². The lowest BCUT2D eigenvalue weighted by molar-refractivity contribution is -0.134. The molecule has 11 heteroatoms. The summed E-state index contributed by atoms with van der Waals surface area (Å²) in [6.07, 6.45) is 0.496. The molecule has 4 heterocycles. The summed E-state index contributed by atoms with van der Waals surface area (Å²) in [4.78, 5) is 58.7. The number of methoxy groups -OCH3 is 1. The monoisotopic (exact) mass is 594 g/mol. The number of ketones is 2. The maximum atomic E-state index is 13.7. The summed E-state index contributed by atoms with van der Waals surface area (Å²) in [7, 11) is 3.36. The minimum atomic E-state index is -1.06. The second-order valence-corrected chi connectivity index (χ2v) is 12.1. The number of allylic oxidation sites excluding steroid dienone is 2. The molecule has 1 aliphatic carbocycles. The van der Waals surface area contributed by atoms with Gasteiger partial charge in [0.15, 0.2) is 11.5 Å². The minimum Gasteiger partial charge on any atom is -0.507 e. The Balaban J connectivity index is 1.44. The van der Waals surface area contributed by atoms with Crippen molar-refractivity contribution in [3.63, 3.8) is 0 Å². The van der Waals surface area contributed by atoms with Crippen LogP contribution in [0.1, 0.15) is 56.8 Å². The average Bonchev–Trinajstić information content (AvgIpc) is 3.24. The third-order valence-corrected chi connectivity index (χ3v) is 10.1. The number of nitriles is 1. The van der Waals surface area contributed by atoms with Crippen molar-refractivity contribution in [3.8, 4) is 17.6 Å². The number of Topliss-reactive ketones (excluding diaryl/α,β-unsaturated/α-hetero) is 2. The van der Waals surface area contributed by atoms with Gasteiger partial charge in [-0.3, -0.25) is 33.9 Å². The van der Waals surface area contributed by atoms with Gasteiger partial charge < -0.3 is 14.9 Å². The molecule has 2 N–H and O–H groups in total. The number of aliphatic hydroxyl groups excluding tert-OH is 1. The number of hydrogen-bond acceptors (Lipinski definition) is 10. The number of carbonyl (C=O) groups excluding carboxylic acids is 4. The van der Waals surface area contributed by atoms with Gasteiger partial charge in [-0.05, 0) is 57.0 Å². The summed E-state index contributed by atoms with van der Waals surface area (Å²) >= 11 is 0. The number of likely N-dealkylation sites (N-methyl/N-ethyl adjacent to an activating group) is 1. The van der Waals surface area contributed by atoms with E-state index in [-0.39, 0.29) is 58.4 Å². The minimum absolute atomic E-state index is 0.000264. The van der Waals surface area contributed by atoms with Crippen LogP contribution in [-0.2, 0) is 16.0 Å². The van der Waals surface area contributed by atoms with Crippen molar-refractivity contribution >= 4 is 23.4 Å². The number of benzene rings is 2. The molecule has 0 spiro atoms. The Morgan fingerprint density at radius 1 is 1.00 bits per heavy atom. The molecule has 1 unspecified atom stereocenters. The summed E-state index contributed by atoms with van der Waals surface area (Å²) < 4.78 is 5.55. The number of fused-ring (bicyclic) bond motifs is 7. The molecule has 0 aromatic heterocycles. The normalized spacial score (nSPS) is 28.1. The number of amides is 2. The number of aryl methyl sites for hydroxylation is 1. The first-order valence-corrected chi connectivity index (χ1v) is 14.5. The smallest absolute Gasteiger partial charge is 0.261 e. The van der Waals surface area contributed by atoms with Gasteiger partial charge in [0.05, 0.1) is 36.4 Å². The van der Waals surface area contributed by atoms with Gasteiger partial charge >= 0.3 is 0 Å². The molecule has 5 atom stereocenters. The molecule has 4 aliphatic heterocycles. The number of piperazine rings is 1. The number of phenols is 1. The van der Waals surface area contributed by atoms with Gasteiger partial charge in [-0.15, -0.1) is 0 Å². The van der Waals surface area contributed by atoms with Crippen molar-refractivity contribution < 1.29 is 34.1 Å². The largest absolute Gasteiger partial charge is 0.507 e. The van der Waals surface area contributed by atoms with Crippen LogP contribution in [0.5, 0.6) is 11.5 Å². The highest BCUT2D eigenvalue weighted by atomic mass is 16.5. The maximum Gasteiger partial charge on any atom is 0.261 e. The first-order chi connectivity index (χ1) is 21.0. The Morgan fingerprint density at radius 2 is 1.66 bits per heavy atom. The first kappa shape index (κ1) is 28.0. The van der Waals surface area contributed by atoms with E-state index in [1.807, 2.05) is 29.8 Å². The molecule has 7 rings (SSSR count). The number of nitrogens with zero attached hydrogens (tertiary/aromatic N) is 4. The van der Waals surface area contributed by atoms with Gasteiger partial charge in [0.1, 0.15) is 11.8 Å². The number of rotatable bonds is 3. The number of aromatic hydroxyl groups is 1. The number of carbonyl (C=O) groups is 4. The highest BCUT2D eigenvalue weighted by molar-refractivity contribution is 6.50. The summed E-state index contributed by atoms with van der Waals surface area (Å²) in [5.74, 6) is -2.75. The SMILES string of the molecule is COc1c(C)cc2c(c1O)[C@@H]1[C@@H]3CC4=C(C(=O)C(=O)C(C)=C4O)[C@H](CN4C(=O)c5ccccc5C4=O)N3[C@@H](C#N)C(C2)N1C. The van der Waals surface area contributed by atoms with Crippen molar-refractivity contribution in [1.82, 2.24) is 14.7 Å². The van der Waals surface area contributed by atoms with Crippen LogP contribution in [0.3, 0.4) is 0 Å². The van der Waals surface area contributed by atoms with E-state index in [1.165, 1.54) is 14.0 Å². The predicted octanol–water partition coefficient (Wildman–Crippen LogP) is 2.53. The van der Waals surface area contributed by atoms with Crippen molar-refractivity contribution in [2.45, 2.75) is 56.9 Å². The molecule has 0 saturated carbocycles. The molecule has 2 amide bonds. The van der Waals surface area contributed by atoms with Gasteiger partial charge in [0, 0.05) is 40.9 Å². The van der Waals surface area contributed by atoms with E-state index in [0.717, 1.165) is 16.0 Å². The van der Waals surface area contributed by atoms with E-state index in [2.05, 4.69) is 6.07 Å². The van der Waals surface area contributed by atoms with Gasteiger partial charge in [-0.25, -0.2) is 0 Å². The Hall–Kier alpha value is -4.79. The molecule has 1 saturated heterocycles. The number of phenolic OH excluding ortho intramolecular Hbond substituents is 1. The fourth-order valence-electron chi connectivity index (χ4n) is 8.13. The number of imide groups is 1. The molecule has 5 aliphatic rings. The van der Waals surface area contributed by atoms with E-state index < -0.39 is 47.5 Å². The fourth-order valence-corrected chi connectivity index (χ4v) is 8.13. The van der Waals surface area contributed by atoms with E-state index in [0.29, 0.717) is 17.7 Å². The molecule has 224 valence electrons. The van der Waals surface area contributed by atoms with Crippen molar-refractivity contribution in [2.24, 2.45) is 0 Å². The second kappa shape index (κ2) is 9.61. The van der Waals surface area contributed by atoms with Crippen LogP contribution >= 0.6 is 0 Å². The molecule has 0 radical (unpaired) electrons. The van der Waals surface area contributed by atoms with Crippen molar-refractivity contribution in [2.75, 3.05) is 20.7 Å². The zero-order chi connectivity index (χ0) is 31.4. The fraction of sp³-hybridized carbons (Fsp3) is 0.364. The Morgan fingerprint density at radius 3 is 2.27 bits per heavy atom. The van der Waals surface area contributed by atoms with Gasteiger partial charge in [-0.2, -0.15) is 5.26 Å². The van der Waals surface area contributed by atoms with Gasteiger partial charge in [0.2, 0.25) is 11.6 Å². The quantitative estimate of drug-likeness (QED) is 0.308. The Bertz CT molecular complexity index is 1800. The van der Waals surface area contributed by atoms with E-state index in [4.69, 9.17) is 4.74 Å². The summed E-state index contributed by atoms with van der Waals surface area (Å²) in [6, 6.07) is 7.46. The second-order valence-electron chi connectivity index (χ2n) is 12.1. The lowest BCUT2D eigenvalue weighted by atomic mass is 9.70. The first-order valence-electron chi connectivity index (χ1n) is 14.5. The molecule has 2 bridgehead atoms. The summed E-state index contributed by atoms with van der Waals surface area (Å²) in [5.41, 5.74) is 2.89. The third kappa shape index (κ3) is 3.49. The van der Waals surface area contributed by atoms with Crippen molar-refractivity contribution in [3.05, 3.63) is 80.6 Å². The standard InChI is InChI=1S/C33H30N4O7/c1-14-9-16-10-20-22(12-34)37-21(26(35(20)3)24(16)30(41)31(14)44-4)11-19-25(29(40)28(39)15(2)27(19)38)23(37)13-36-32(42)17-7-5-6-8-18(17)33(36)43/h5-9,20-23,26,38,41H,10-11,13H2,1-4H3/t20?,21-,22-,23-,26-/m0/s1. The molecule has 2 aromatic carbocycles. The molecular formula is C33H30N4O7. The molecular weight excluding hydrogens is 564 g/mol. The van der Waals surface area contributed by atoms with Crippen LogP contribution in [0.15, 0.2) is 52.8 Å². The number of hydrogen-bond donors (Lipinski definition) is 2. The highest BCUT2D eigenvalue weighted by Crippen LogP contribution is 2.54. The van der Waals surface area contributed by atoms with Crippen LogP contribution in [0.25, 0.3) is 0 Å². The number of ether oxygens (including phenoxy) is 1. The van der Waals surface area contributed by atoms with Gasteiger partial charge in [0.25, 0.3) is 11.8 Å². The van der Waals surface area contributed by atoms with Crippen LogP contribution in [0.2, 0.25) is 0 Å². The Kier molecular flexibility index (Phi) is 6.12. The van der Waals surface area contributed by atoms with Crippen LogP contribution in [0.4, 0.5) is 0 Å². The summed E-state index contributed by atoms with van der Waals surface area (Å²) in [6.45, 7) is 2.93. The average molecular weight is 595 g/mol. The zero-order valence-corrected chi connectivity index (χ0v) is 24.6. The number of aliphatic hydroxyl groups is 1. The highest BCUT2D eigenvalue weighted by Gasteiger charge is 2.58. The van der Waals surface area contributed by atoms with Gasteiger partial charge in [-0.1, -0.05) is 18.2 Å². The van der Waals surface area contributed by atoms with Crippen molar-refractivity contribution in [1.29, 1.82) is 5.26 Å². The van der Waals surface area contributed by atoms with E-state index >= 15 is 0 Å².